The van der Waals surface area contributed by atoms with Gasteiger partial charge in [0.25, 0.3) is 0 Å². The molecule has 1 heterocycles. The zero-order valence-electron chi connectivity index (χ0n) is 16.5. The van der Waals surface area contributed by atoms with Crippen LogP contribution in [-0.2, 0) is 14.4 Å². The number of hydrogen-bond acceptors (Lipinski definition) is 3. The Hall–Kier alpha value is -2.18. The lowest BCUT2D eigenvalue weighted by Crippen LogP contribution is -2.38. The van der Waals surface area contributed by atoms with E-state index in [0.29, 0.717) is 23.6 Å². The molecule has 2 aliphatic rings. The fourth-order valence-corrected chi connectivity index (χ4v) is 5.17. The van der Waals surface area contributed by atoms with Gasteiger partial charge in [-0.25, -0.2) is 0 Å². The lowest BCUT2D eigenvalue weighted by Gasteiger charge is -2.28. The van der Waals surface area contributed by atoms with Crippen LogP contribution in [0, 0.1) is 18.8 Å². The quantitative estimate of drug-likeness (QED) is 0.620. The second kappa shape index (κ2) is 8.52. The van der Waals surface area contributed by atoms with Crippen LogP contribution < -0.4 is 5.32 Å². The molecule has 1 aliphatic heterocycles. The second-order valence-corrected chi connectivity index (χ2v) is 9.29. The Morgan fingerprint density at radius 1 is 1.13 bits per heavy atom. The van der Waals surface area contributed by atoms with Crippen molar-refractivity contribution in [1.29, 1.82) is 0 Å². The maximum absolute atomic E-state index is 13.0. The Balaban J connectivity index is 1.44. The van der Waals surface area contributed by atoms with Crippen LogP contribution in [0.4, 0.5) is 5.69 Å². The molecule has 0 spiro atoms. The highest BCUT2D eigenvalue weighted by Crippen LogP contribution is 2.44. The normalized spacial score (nSPS) is 23.4. The van der Waals surface area contributed by atoms with Crippen molar-refractivity contribution in [2.24, 2.45) is 11.8 Å². The van der Waals surface area contributed by atoms with Crippen LogP contribution in [0.1, 0.15) is 36.3 Å². The Labute approximate surface area is 188 Å². The highest BCUT2D eigenvalue weighted by Gasteiger charge is 2.50. The summed E-state index contributed by atoms with van der Waals surface area (Å²) < 4.78 is 0.738. The molecule has 1 saturated carbocycles. The van der Waals surface area contributed by atoms with Gasteiger partial charge in [-0.15, -0.1) is 0 Å². The molecule has 1 aliphatic carbocycles. The number of nitrogens with zero attached hydrogens (tertiary/aromatic N) is 1. The molecule has 0 radical (unpaired) electrons. The number of hydrogen-bond donors (Lipinski definition) is 1. The molecule has 2 aromatic rings. The lowest BCUT2D eigenvalue weighted by molar-refractivity contribution is -0.142. The summed E-state index contributed by atoms with van der Waals surface area (Å²) in [5.41, 5.74) is 2.60. The number of rotatable bonds is 4. The van der Waals surface area contributed by atoms with Crippen molar-refractivity contribution >= 4 is 50.9 Å². The maximum Gasteiger partial charge on any atom is 0.244 e. The van der Waals surface area contributed by atoms with Crippen LogP contribution >= 0.6 is 27.5 Å². The van der Waals surface area contributed by atoms with Crippen molar-refractivity contribution in [2.45, 2.75) is 32.1 Å². The fraction of sp³-hybridized carbons (Fsp3) is 0.348. The molecular weight excluding hydrogens is 468 g/mol. The van der Waals surface area contributed by atoms with Gasteiger partial charge in [0.05, 0.1) is 16.9 Å². The first-order valence-corrected chi connectivity index (χ1v) is 11.2. The first kappa shape index (κ1) is 21.1. The van der Waals surface area contributed by atoms with Gasteiger partial charge in [0.1, 0.15) is 6.54 Å². The van der Waals surface area contributed by atoms with Crippen LogP contribution in [0.15, 0.2) is 46.9 Å². The minimum atomic E-state index is -0.406. The van der Waals surface area contributed by atoms with Gasteiger partial charge in [0, 0.05) is 10.2 Å². The number of halogens is 2. The minimum Gasteiger partial charge on any atom is -0.324 e. The summed E-state index contributed by atoms with van der Waals surface area (Å²) >= 11 is 9.46. The third kappa shape index (κ3) is 4.03. The van der Waals surface area contributed by atoms with Crippen LogP contribution in [0.25, 0.3) is 0 Å². The van der Waals surface area contributed by atoms with Gasteiger partial charge in [-0.2, -0.15) is 0 Å². The van der Waals surface area contributed by atoms with E-state index in [1.54, 1.807) is 6.07 Å². The summed E-state index contributed by atoms with van der Waals surface area (Å²) in [6, 6.07) is 13.6. The largest absolute Gasteiger partial charge is 0.324 e. The van der Waals surface area contributed by atoms with Gasteiger partial charge < -0.3 is 5.32 Å². The van der Waals surface area contributed by atoms with Crippen LogP contribution in [0.3, 0.4) is 0 Å². The molecule has 4 rings (SSSR count). The van der Waals surface area contributed by atoms with Crippen molar-refractivity contribution in [2.75, 3.05) is 11.9 Å². The first-order valence-electron chi connectivity index (χ1n) is 10.0. The summed E-state index contributed by atoms with van der Waals surface area (Å²) in [6.07, 6.45) is 2.20. The summed E-state index contributed by atoms with van der Waals surface area (Å²) in [5.74, 6) is -1.24. The smallest absolute Gasteiger partial charge is 0.244 e. The van der Waals surface area contributed by atoms with E-state index in [2.05, 4.69) is 33.4 Å². The standard InChI is InChI=1S/C23H22BrClN2O3/c1-13-9-18(24)19(25)11-20(13)26-21(28)12-27-22(29)16-8-7-15(10-17(16)23(27)30)14-5-3-2-4-6-14/h2-6,9,11,15-17H,7-8,10,12H2,1H3,(H,26,28)/t15-,16-,17-/m1/s1. The van der Waals surface area contributed by atoms with Crippen molar-refractivity contribution in [3.05, 3.63) is 63.1 Å². The molecule has 2 fully saturated rings. The number of imide groups is 1. The average molecular weight is 490 g/mol. The van der Waals surface area contributed by atoms with Crippen LogP contribution in [0.2, 0.25) is 5.02 Å². The van der Waals surface area contributed by atoms with Gasteiger partial charge in [-0.05, 0) is 71.3 Å². The molecular formula is C23H22BrClN2O3. The zero-order valence-corrected chi connectivity index (χ0v) is 18.9. The van der Waals surface area contributed by atoms with E-state index in [-0.39, 0.29) is 36.1 Å². The second-order valence-electron chi connectivity index (χ2n) is 8.03. The van der Waals surface area contributed by atoms with E-state index in [0.717, 1.165) is 21.4 Å². The molecule has 3 amide bonds. The molecule has 1 N–H and O–H groups in total. The zero-order chi connectivity index (χ0) is 21.4. The highest BCUT2D eigenvalue weighted by atomic mass is 79.9. The van der Waals surface area contributed by atoms with E-state index in [4.69, 9.17) is 11.6 Å². The van der Waals surface area contributed by atoms with E-state index >= 15 is 0 Å². The average Bonchev–Trinajstić information content (AvgIpc) is 2.97. The number of carbonyl (C=O) groups is 3. The van der Waals surface area contributed by atoms with E-state index < -0.39 is 5.91 Å². The molecule has 156 valence electrons. The van der Waals surface area contributed by atoms with Gasteiger partial charge in [-0.1, -0.05) is 41.9 Å². The first-order chi connectivity index (χ1) is 14.3. The molecule has 0 bridgehead atoms. The molecule has 30 heavy (non-hydrogen) atoms. The number of anilines is 1. The maximum atomic E-state index is 13.0. The Kier molecular flexibility index (Phi) is 5.98. The number of fused-ring (bicyclic) bond motifs is 1. The lowest BCUT2D eigenvalue weighted by atomic mass is 9.73. The summed E-state index contributed by atoms with van der Waals surface area (Å²) in [4.78, 5) is 39.5. The number of aryl methyl sites for hydroxylation is 1. The molecule has 3 atom stereocenters. The van der Waals surface area contributed by atoms with E-state index in [1.807, 2.05) is 31.2 Å². The number of nitrogens with one attached hydrogen (secondary N) is 1. The number of amides is 3. The third-order valence-electron chi connectivity index (χ3n) is 6.13. The summed E-state index contributed by atoms with van der Waals surface area (Å²) in [6.45, 7) is 1.58. The predicted molar refractivity (Wildman–Crippen MR) is 119 cm³/mol. The molecule has 7 heteroatoms. The summed E-state index contributed by atoms with van der Waals surface area (Å²) in [5, 5.41) is 3.25. The van der Waals surface area contributed by atoms with Crippen molar-refractivity contribution in [1.82, 2.24) is 4.90 Å². The number of benzene rings is 2. The minimum absolute atomic E-state index is 0.225. The monoisotopic (exact) mass is 488 g/mol. The van der Waals surface area contributed by atoms with E-state index in [1.165, 1.54) is 5.56 Å². The predicted octanol–water partition coefficient (Wildman–Crippen LogP) is 4.92. The van der Waals surface area contributed by atoms with Gasteiger partial charge in [-0.3, -0.25) is 19.3 Å². The topological polar surface area (TPSA) is 66.5 Å². The fourth-order valence-electron chi connectivity index (χ4n) is 4.55. The van der Waals surface area contributed by atoms with Crippen LogP contribution in [0.5, 0.6) is 0 Å². The van der Waals surface area contributed by atoms with Gasteiger partial charge in [0.2, 0.25) is 17.7 Å². The highest BCUT2D eigenvalue weighted by molar-refractivity contribution is 9.10. The molecule has 1 saturated heterocycles. The van der Waals surface area contributed by atoms with Crippen molar-refractivity contribution in [3.63, 3.8) is 0 Å². The molecule has 5 nitrogen and oxygen atoms in total. The van der Waals surface area contributed by atoms with Gasteiger partial charge >= 0.3 is 0 Å². The van der Waals surface area contributed by atoms with Crippen LogP contribution in [-0.4, -0.2) is 29.2 Å². The summed E-state index contributed by atoms with van der Waals surface area (Å²) in [7, 11) is 0. The number of likely N-dealkylation sites (tertiary alicyclic amines) is 1. The molecule has 2 aromatic carbocycles. The van der Waals surface area contributed by atoms with E-state index in [9.17, 15) is 14.4 Å². The van der Waals surface area contributed by atoms with Gasteiger partial charge in [0.15, 0.2) is 0 Å². The molecule has 0 aromatic heterocycles. The Bertz CT molecular complexity index is 1010. The Morgan fingerprint density at radius 2 is 1.83 bits per heavy atom. The Morgan fingerprint density at radius 3 is 2.57 bits per heavy atom. The van der Waals surface area contributed by atoms with Crippen molar-refractivity contribution < 1.29 is 14.4 Å². The van der Waals surface area contributed by atoms with Crippen molar-refractivity contribution in [3.8, 4) is 0 Å². The molecule has 0 unspecified atom stereocenters. The number of carbonyl (C=O) groups excluding carboxylic acids is 3. The SMILES string of the molecule is Cc1cc(Br)c(Cl)cc1NC(=O)CN1C(=O)[C@@H]2CC[C@@H](c3ccccc3)C[C@H]2C1=O. The third-order valence-corrected chi connectivity index (χ3v) is 7.33.